The first-order valence-corrected chi connectivity index (χ1v) is 16.6. The Balaban J connectivity index is 1.84. The van der Waals surface area contributed by atoms with Gasteiger partial charge >= 0.3 is 6.09 Å². The van der Waals surface area contributed by atoms with Crippen LogP contribution in [0.15, 0.2) is 18.5 Å². The van der Waals surface area contributed by atoms with Crippen LogP contribution in [0.4, 0.5) is 10.5 Å². The van der Waals surface area contributed by atoms with Crippen LogP contribution in [0, 0.1) is 0 Å². The molecular weight excluding hydrogens is 490 g/mol. The second kappa shape index (κ2) is 12.1. The van der Waals surface area contributed by atoms with Crippen LogP contribution in [0.25, 0.3) is 11.0 Å². The fourth-order valence-corrected chi connectivity index (χ4v) is 4.89. The smallest absolute Gasteiger partial charge is 0.410 e. The number of carbonyl (C=O) groups excluding carboxylic acids is 3. The highest BCUT2D eigenvalue weighted by molar-refractivity contribution is 6.76. The third-order valence-electron chi connectivity index (χ3n) is 6.03. The van der Waals surface area contributed by atoms with Gasteiger partial charge in [0.15, 0.2) is 0 Å². The zero-order valence-corrected chi connectivity index (χ0v) is 23.9. The third-order valence-corrected chi connectivity index (χ3v) is 7.73. The minimum atomic E-state index is -1.19. The first kappa shape index (κ1) is 28.6. The summed E-state index contributed by atoms with van der Waals surface area (Å²) in [7, 11) is -1.19. The van der Waals surface area contributed by atoms with E-state index in [-0.39, 0.29) is 24.6 Å². The molecule has 1 unspecified atom stereocenters. The lowest BCUT2D eigenvalue weighted by Crippen LogP contribution is -2.47. The standard InChI is InChI=1S/C26H41N5O5Si/c1-26(2,3)36-25(34)30-11-7-8-19(17-30)29-22-20-9-12-31(18-35-14-15-37(4,5)6)23(20)28-16-21(22)24(33)27-10-13-32/h9,12-13,16,19H,7-8,10-11,14-15,17-18H2,1-6H3,(H,27,33)(H,28,29). The number of carbonyl (C=O) groups is 3. The van der Waals surface area contributed by atoms with Gasteiger partial charge in [0.05, 0.1) is 17.8 Å². The molecule has 1 saturated heterocycles. The molecule has 204 valence electrons. The minimum Gasteiger partial charge on any atom is -0.444 e. The number of aldehydes is 1. The molecule has 2 aromatic heterocycles. The highest BCUT2D eigenvalue weighted by atomic mass is 28.3. The Labute approximate surface area is 220 Å². The van der Waals surface area contributed by atoms with Crippen molar-refractivity contribution in [2.45, 2.75) is 77.7 Å². The Bertz CT molecular complexity index is 1110. The second-order valence-electron chi connectivity index (χ2n) is 11.7. The van der Waals surface area contributed by atoms with Crippen LogP contribution < -0.4 is 10.6 Å². The number of aromatic nitrogens is 2. The molecule has 2 aromatic rings. The normalized spacial score (nSPS) is 16.5. The summed E-state index contributed by atoms with van der Waals surface area (Å²) in [5.74, 6) is -0.386. The van der Waals surface area contributed by atoms with Gasteiger partial charge < -0.3 is 34.4 Å². The van der Waals surface area contributed by atoms with E-state index in [2.05, 4.69) is 35.3 Å². The number of fused-ring (bicyclic) bond motifs is 1. The zero-order valence-electron chi connectivity index (χ0n) is 22.9. The van der Waals surface area contributed by atoms with Gasteiger partial charge in [-0.25, -0.2) is 9.78 Å². The van der Waals surface area contributed by atoms with Crippen LogP contribution in [0.1, 0.15) is 44.0 Å². The molecule has 0 aliphatic carbocycles. The van der Waals surface area contributed by atoms with E-state index in [4.69, 9.17) is 9.47 Å². The lowest BCUT2D eigenvalue weighted by molar-refractivity contribution is -0.107. The van der Waals surface area contributed by atoms with Gasteiger partial charge in [0.2, 0.25) is 0 Å². The van der Waals surface area contributed by atoms with Gasteiger partial charge in [-0.15, -0.1) is 0 Å². The van der Waals surface area contributed by atoms with Crippen LogP contribution in [-0.2, 0) is 21.0 Å². The van der Waals surface area contributed by atoms with Crippen LogP contribution in [0.3, 0.4) is 0 Å². The van der Waals surface area contributed by atoms with Crippen molar-refractivity contribution >= 4 is 43.1 Å². The second-order valence-corrected chi connectivity index (χ2v) is 17.3. The van der Waals surface area contributed by atoms with Crippen molar-refractivity contribution in [3.63, 3.8) is 0 Å². The summed E-state index contributed by atoms with van der Waals surface area (Å²) in [5.41, 5.74) is 1.10. The van der Waals surface area contributed by atoms with Gasteiger partial charge in [-0.2, -0.15) is 0 Å². The molecule has 10 nitrogen and oxygen atoms in total. The molecule has 0 aromatic carbocycles. The Morgan fingerprint density at radius 3 is 2.70 bits per heavy atom. The van der Waals surface area contributed by atoms with Gasteiger partial charge in [0.25, 0.3) is 5.91 Å². The maximum absolute atomic E-state index is 12.9. The fraction of sp³-hybridized carbons (Fsp3) is 0.615. The molecule has 3 heterocycles. The van der Waals surface area contributed by atoms with Gasteiger partial charge in [-0.1, -0.05) is 19.6 Å². The number of rotatable bonds is 10. The number of nitrogens with one attached hydrogen (secondary N) is 2. The summed E-state index contributed by atoms with van der Waals surface area (Å²) >= 11 is 0. The molecule has 11 heteroatoms. The molecule has 0 radical (unpaired) electrons. The first-order valence-electron chi connectivity index (χ1n) is 12.9. The number of hydrogen-bond acceptors (Lipinski definition) is 7. The summed E-state index contributed by atoms with van der Waals surface area (Å²) in [4.78, 5) is 42.6. The van der Waals surface area contributed by atoms with E-state index >= 15 is 0 Å². The topological polar surface area (TPSA) is 115 Å². The van der Waals surface area contributed by atoms with Crippen molar-refractivity contribution in [3.8, 4) is 0 Å². The zero-order chi connectivity index (χ0) is 27.2. The van der Waals surface area contributed by atoms with E-state index in [9.17, 15) is 14.4 Å². The van der Waals surface area contributed by atoms with E-state index < -0.39 is 13.7 Å². The Kier molecular flexibility index (Phi) is 9.35. The highest BCUT2D eigenvalue weighted by Gasteiger charge is 2.29. The molecule has 1 atom stereocenters. The van der Waals surface area contributed by atoms with Crippen molar-refractivity contribution < 1.29 is 23.9 Å². The molecule has 2 N–H and O–H groups in total. The van der Waals surface area contributed by atoms with Crippen molar-refractivity contribution in [2.24, 2.45) is 0 Å². The number of likely N-dealkylation sites (tertiary alicyclic amines) is 1. The molecule has 1 aliphatic heterocycles. The van der Waals surface area contributed by atoms with Crippen LogP contribution in [0.5, 0.6) is 0 Å². The van der Waals surface area contributed by atoms with Gasteiger partial charge in [0, 0.05) is 51.6 Å². The number of anilines is 1. The number of piperidine rings is 1. The predicted octanol–water partition coefficient (Wildman–Crippen LogP) is 4.09. The van der Waals surface area contributed by atoms with Crippen molar-refractivity contribution in [2.75, 3.05) is 31.6 Å². The van der Waals surface area contributed by atoms with Gasteiger partial charge in [-0.05, 0) is 45.7 Å². The number of pyridine rings is 1. The number of amides is 2. The fourth-order valence-electron chi connectivity index (χ4n) is 4.13. The number of hydrogen-bond donors (Lipinski definition) is 2. The maximum Gasteiger partial charge on any atom is 0.410 e. The van der Waals surface area contributed by atoms with Crippen molar-refractivity contribution in [3.05, 3.63) is 24.0 Å². The van der Waals surface area contributed by atoms with E-state index in [0.717, 1.165) is 24.3 Å². The number of nitrogens with zero attached hydrogens (tertiary/aromatic N) is 3. The average molecular weight is 532 g/mol. The molecule has 1 aliphatic rings. The van der Waals surface area contributed by atoms with E-state index in [1.165, 1.54) is 6.20 Å². The molecule has 0 saturated carbocycles. The number of ether oxygens (including phenoxy) is 2. The lowest BCUT2D eigenvalue weighted by Gasteiger charge is -2.35. The molecule has 2 amide bonds. The van der Waals surface area contributed by atoms with Gasteiger partial charge in [-0.3, -0.25) is 4.79 Å². The Morgan fingerprint density at radius 2 is 2.03 bits per heavy atom. The monoisotopic (exact) mass is 531 g/mol. The summed E-state index contributed by atoms with van der Waals surface area (Å²) in [6, 6.07) is 2.90. The largest absolute Gasteiger partial charge is 0.444 e. The molecule has 3 rings (SSSR count). The van der Waals surface area contributed by atoms with E-state index in [1.54, 1.807) is 4.90 Å². The quantitative estimate of drug-likeness (QED) is 0.270. The highest BCUT2D eigenvalue weighted by Crippen LogP contribution is 2.29. The maximum atomic E-state index is 12.9. The van der Waals surface area contributed by atoms with Crippen LogP contribution >= 0.6 is 0 Å². The van der Waals surface area contributed by atoms with Crippen molar-refractivity contribution in [1.29, 1.82) is 0 Å². The summed E-state index contributed by atoms with van der Waals surface area (Å²) in [5, 5.41) is 6.90. The minimum absolute atomic E-state index is 0.0826. The van der Waals surface area contributed by atoms with Crippen molar-refractivity contribution in [1.82, 2.24) is 19.8 Å². The van der Waals surface area contributed by atoms with Crippen LogP contribution in [0.2, 0.25) is 25.7 Å². The SMILES string of the molecule is CC(C)(C)OC(=O)N1CCCC(Nc2c(C(=O)NCC=O)cnc3c2ccn3COCC[Si](C)(C)C)C1. The molecule has 37 heavy (non-hydrogen) atoms. The summed E-state index contributed by atoms with van der Waals surface area (Å²) in [6.45, 7) is 14.5. The Hall–Kier alpha value is -2.92. The summed E-state index contributed by atoms with van der Waals surface area (Å²) in [6.07, 6.45) is 5.37. The molecule has 0 spiro atoms. The predicted molar refractivity (Wildman–Crippen MR) is 147 cm³/mol. The molecule has 1 fully saturated rings. The van der Waals surface area contributed by atoms with Gasteiger partial charge in [0.1, 0.15) is 24.3 Å². The summed E-state index contributed by atoms with van der Waals surface area (Å²) < 4.78 is 13.4. The lowest BCUT2D eigenvalue weighted by atomic mass is 10.0. The third kappa shape index (κ3) is 8.29. The van der Waals surface area contributed by atoms with E-state index in [0.29, 0.717) is 49.6 Å². The molecule has 0 bridgehead atoms. The Morgan fingerprint density at radius 1 is 1.27 bits per heavy atom. The molecular formula is C26H41N5O5Si. The average Bonchev–Trinajstić information content (AvgIpc) is 3.22. The van der Waals surface area contributed by atoms with E-state index in [1.807, 2.05) is 37.6 Å². The van der Waals surface area contributed by atoms with Crippen LogP contribution in [-0.4, -0.2) is 78.7 Å². The first-order chi connectivity index (χ1) is 17.4.